The van der Waals surface area contributed by atoms with Crippen LogP contribution in [0.15, 0.2) is 30.5 Å². The number of hydrogen-bond donors (Lipinski definition) is 1. The SMILES string of the molecule is Cc1ccc2nccc(C(O)C3[C@]45CC4CC[N+]35C)c2c1. The van der Waals surface area contributed by atoms with E-state index in [0.717, 1.165) is 26.9 Å². The number of nitrogens with zero attached hydrogens (tertiary/aromatic N) is 2. The highest BCUT2D eigenvalue weighted by atomic mass is 16.3. The minimum absolute atomic E-state index is 0.354. The maximum Gasteiger partial charge on any atom is 0.175 e. The molecule has 1 saturated carbocycles. The maximum absolute atomic E-state index is 11.1. The molecule has 3 nitrogen and oxygen atoms in total. The van der Waals surface area contributed by atoms with Gasteiger partial charge in [-0.25, -0.2) is 0 Å². The number of aryl methyl sites for hydroxylation is 1. The van der Waals surface area contributed by atoms with E-state index in [1.165, 1.54) is 24.9 Å². The fraction of sp³-hybridized carbons (Fsp3) is 0.500. The summed E-state index contributed by atoms with van der Waals surface area (Å²) in [6.45, 7) is 3.34. The van der Waals surface area contributed by atoms with Crippen LogP contribution in [0.4, 0.5) is 0 Å². The Hall–Kier alpha value is -1.45. The summed E-state index contributed by atoms with van der Waals surface area (Å²) in [5.74, 6) is 0.872. The lowest BCUT2D eigenvalue weighted by atomic mass is 9.97. The quantitative estimate of drug-likeness (QED) is 0.678. The molecule has 2 aromatic rings. The molecular weight excluding hydrogens is 260 g/mol. The van der Waals surface area contributed by atoms with Crippen LogP contribution in [-0.2, 0) is 0 Å². The van der Waals surface area contributed by atoms with Gasteiger partial charge in [-0.05, 0) is 30.7 Å². The van der Waals surface area contributed by atoms with Crippen LogP contribution >= 0.6 is 0 Å². The molecule has 3 fully saturated rings. The zero-order chi connectivity index (χ0) is 14.4. The minimum Gasteiger partial charge on any atom is -0.382 e. The van der Waals surface area contributed by atoms with Crippen LogP contribution in [0.1, 0.15) is 30.1 Å². The summed E-state index contributed by atoms with van der Waals surface area (Å²) >= 11 is 0. The molecule has 1 N–H and O–H groups in total. The van der Waals surface area contributed by atoms with Crippen molar-refractivity contribution in [1.82, 2.24) is 4.98 Å². The Balaban J connectivity index is 1.61. The number of aromatic nitrogens is 1. The Morgan fingerprint density at radius 3 is 2.95 bits per heavy atom. The lowest BCUT2D eigenvalue weighted by Crippen LogP contribution is -2.27. The van der Waals surface area contributed by atoms with Gasteiger partial charge in [0.2, 0.25) is 0 Å². The molecule has 5 atom stereocenters. The molecule has 3 heterocycles. The molecule has 4 unspecified atom stereocenters. The first kappa shape index (κ1) is 12.1. The second-order valence-corrected chi connectivity index (χ2v) is 7.48. The van der Waals surface area contributed by atoms with E-state index < -0.39 is 0 Å². The number of hydrogen-bond acceptors (Lipinski definition) is 2. The van der Waals surface area contributed by atoms with E-state index in [-0.39, 0.29) is 6.10 Å². The minimum atomic E-state index is -0.354. The average molecular weight is 281 g/mol. The zero-order valence-electron chi connectivity index (χ0n) is 12.6. The molecule has 0 radical (unpaired) electrons. The van der Waals surface area contributed by atoms with Crippen molar-refractivity contribution >= 4 is 10.9 Å². The van der Waals surface area contributed by atoms with Gasteiger partial charge in [0.1, 0.15) is 6.10 Å². The predicted octanol–water partition coefficient (Wildman–Crippen LogP) is 2.57. The summed E-state index contributed by atoms with van der Waals surface area (Å²) in [6, 6.07) is 8.73. The maximum atomic E-state index is 11.1. The van der Waals surface area contributed by atoms with Gasteiger partial charge >= 0.3 is 0 Å². The van der Waals surface area contributed by atoms with E-state index in [0.29, 0.717) is 11.6 Å². The largest absolute Gasteiger partial charge is 0.382 e. The molecule has 0 amide bonds. The molecule has 3 aliphatic rings. The monoisotopic (exact) mass is 281 g/mol. The number of benzene rings is 1. The molecule has 3 heteroatoms. The first-order valence-corrected chi connectivity index (χ1v) is 7.96. The van der Waals surface area contributed by atoms with Crippen LogP contribution in [-0.4, -0.2) is 39.7 Å². The Bertz CT molecular complexity index is 769. The van der Waals surface area contributed by atoms with Crippen molar-refractivity contribution in [3.63, 3.8) is 0 Å². The fourth-order valence-electron chi connectivity index (χ4n) is 5.47. The third-order valence-corrected chi connectivity index (χ3v) is 6.62. The second kappa shape index (κ2) is 3.47. The Kier molecular flexibility index (Phi) is 2.01. The van der Waals surface area contributed by atoms with Crippen molar-refractivity contribution in [3.8, 4) is 0 Å². The molecule has 0 bridgehead atoms. The second-order valence-electron chi connectivity index (χ2n) is 7.48. The third kappa shape index (κ3) is 1.26. The lowest BCUT2D eigenvalue weighted by Gasteiger charge is -2.17. The molecule has 1 aromatic heterocycles. The van der Waals surface area contributed by atoms with E-state index in [4.69, 9.17) is 0 Å². The number of aliphatic hydroxyl groups is 1. The number of piperidine rings is 2. The molecule has 108 valence electrons. The molecule has 5 rings (SSSR count). The van der Waals surface area contributed by atoms with E-state index >= 15 is 0 Å². The summed E-state index contributed by atoms with van der Waals surface area (Å²) in [5.41, 5.74) is 3.72. The standard InChI is InChI=1S/C18H21N2O/c1-11-3-4-15-14(9-11)13(5-7-19-15)16(21)17-18-10-12(18)6-8-20(17,18)2/h3-5,7,9,12,16-17,21H,6,8,10H2,1-2H3/q+1/t12?,16?,17?,18-,20?/m0/s1. The normalized spacial score (nSPS) is 40.7. The van der Waals surface area contributed by atoms with Gasteiger partial charge in [-0.15, -0.1) is 0 Å². The zero-order valence-corrected chi connectivity index (χ0v) is 12.6. The average Bonchev–Trinajstić information content (AvgIpc) is 3.30. The van der Waals surface area contributed by atoms with Gasteiger partial charge < -0.3 is 9.59 Å². The van der Waals surface area contributed by atoms with Gasteiger partial charge in [0.15, 0.2) is 11.6 Å². The highest BCUT2D eigenvalue weighted by molar-refractivity contribution is 5.83. The summed E-state index contributed by atoms with van der Waals surface area (Å²) in [6.07, 6.45) is 4.17. The van der Waals surface area contributed by atoms with Crippen molar-refractivity contribution in [3.05, 3.63) is 41.6 Å². The van der Waals surface area contributed by atoms with Gasteiger partial charge in [-0.1, -0.05) is 11.6 Å². The number of likely N-dealkylation sites (N-methyl/N-ethyl adjacent to an activating group) is 1. The van der Waals surface area contributed by atoms with Crippen LogP contribution in [0.5, 0.6) is 0 Å². The highest BCUT2D eigenvalue weighted by Crippen LogP contribution is 2.77. The van der Waals surface area contributed by atoms with Gasteiger partial charge in [-0.2, -0.15) is 0 Å². The molecule has 1 spiro atoms. The van der Waals surface area contributed by atoms with Crippen LogP contribution < -0.4 is 0 Å². The number of rotatable bonds is 2. The third-order valence-electron chi connectivity index (χ3n) is 6.62. The number of aliphatic hydroxyl groups excluding tert-OH is 1. The van der Waals surface area contributed by atoms with Gasteiger partial charge in [0, 0.05) is 30.3 Å². The molecule has 2 saturated heterocycles. The summed E-state index contributed by atoms with van der Waals surface area (Å²) < 4.78 is 1.11. The van der Waals surface area contributed by atoms with Gasteiger partial charge in [0.25, 0.3) is 0 Å². The molecular formula is C18H21N2O+. The van der Waals surface area contributed by atoms with Crippen LogP contribution in [0.3, 0.4) is 0 Å². The van der Waals surface area contributed by atoms with E-state index in [1.807, 2.05) is 12.3 Å². The lowest BCUT2D eigenvalue weighted by molar-refractivity contribution is -0.806. The van der Waals surface area contributed by atoms with Crippen molar-refractivity contribution < 1.29 is 9.59 Å². The van der Waals surface area contributed by atoms with Gasteiger partial charge in [-0.3, -0.25) is 4.98 Å². The number of quaternary nitrogens is 1. The molecule has 2 aliphatic heterocycles. The first-order valence-electron chi connectivity index (χ1n) is 7.96. The highest BCUT2D eigenvalue weighted by Gasteiger charge is 2.93. The van der Waals surface area contributed by atoms with Crippen molar-refractivity contribution in [1.29, 1.82) is 0 Å². The Morgan fingerprint density at radius 2 is 2.24 bits per heavy atom. The molecule has 1 aliphatic carbocycles. The predicted molar refractivity (Wildman–Crippen MR) is 81.7 cm³/mol. The van der Waals surface area contributed by atoms with Crippen LogP contribution in [0.2, 0.25) is 0 Å². The summed E-state index contributed by atoms with van der Waals surface area (Å²) in [4.78, 5) is 4.45. The fourth-order valence-corrected chi connectivity index (χ4v) is 5.47. The van der Waals surface area contributed by atoms with E-state index in [9.17, 15) is 5.11 Å². The van der Waals surface area contributed by atoms with E-state index in [1.54, 1.807) is 0 Å². The topological polar surface area (TPSA) is 33.1 Å². The smallest absolute Gasteiger partial charge is 0.175 e. The van der Waals surface area contributed by atoms with E-state index in [2.05, 4.69) is 37.2 Å². The van der Waals surface area contributed by atoms with Crippen LogP contribution in [0.25, 0.3) is 10.9 Å². The van der Waals surface area contributed by atoms with Crippen molar-refractivity contribution in [2.45, 2.75) is 37.5 Å². The Labute approximate surface area is 124 Å². The van der Waals surface area contributed by atoms with Gasteiger partial charge in [0.05, 0.1) is 19.1 Å². The first-order chi connectivity index (χ1) is 10.1. The van der Waals surface area contributed by atoms with Crippen LogP contribution in [0, 0.1) is 12.8 Å². The van der Waals surface area contributed by atoms with Crippen molar-refractivity contribution in [2.24, 2.45) is 5.92 Å². The van der Waals surface area contributed by atoms with Crippen molar-refractivity contribution in [2.75, 3.05) is 13.6 Å². The Morgan fingerprint density at radius 1 is 1.38 bits per heavy atom. The molecule has 1 aromatic carbocycles. The summed E-state index contributed by atoms with van der Waals surface area (Å²) in [7, 11) is 2.34. The number of fused-ring (bicyclic) bond motifs is 1. The number of pyridine rings is 1. The summed E-state index contributed by atoms with van der Waals surface area (Å²) in [5, 5.41) is 12.2. The molecule has 21 heavy (non-hydrogen) atoms.